The Bertz CT molecular complexity index is 391. The van der Waals surface area contributed by atoms with Crippen LogP contribution in [0.5, 0.6) is 0 Å². The van der Waals surface area contributed by atoms with Crippen molar-refractivity contribution in [3.8, 4) is 0 Å². The highest BCUT2D eigenvalue weighted by molar-refractivity contribution is 5.84. The number of carboxylic acids is 1. The smallest absolute Gasteiger partial charge is 0.356 e. The van der Waals surface area contributed by atoms with Gasteiger partial charge >= 0.3 is 5.97 Å². The molecule has 5 nitrogen and oxygen atoms in total. The fraction of sp³-hybridized carbons (Fsp3) is 0.545. The lowest BCUT2D eigenvalue weighted by Crippen LogP contribution is -2.30. The summed E-state index contributed by atoms with van der Waals surface area (Å²) < 4.78 is 0. The van der Waals surface area contributed by atoms with Crippen molar-refractivity contribution < 1.29 is 9.90 Å². The Morgan fingerprint density at radius 1 is 1.44 bits per heavy atom. The third-order valence-corrected chi connectivity index (χ3v) is 3.29. The number of carbonyl (C=O) groups is 1. The molecule has 0 aliphatic carbocycles. The summed E-state index contributed by atoms with van der Waals surface area (Å²) in [4.78, 5) is 20.8. The van der Waals surface area contributed by atoms with E-state index < -0.39 is 5.97 Å². The number of hydrogen-bond acceptors (Lipinski definition) is 4. The van der Waals surface area contributed by atoms with Crippen molar-refractivity contribution in [2.24, 2.45) is 5.92 Å². The second-order valence-electron chi connectivity index (χ2n) is 4.26. The van der Waals surface area contributed by atoms with Crippen LogP contribution in [0.1, 0.15) is 30.8 Å². The van der Waals surface area contributed by atoms with Gasteiger partial charge in [-0.25, -0.2) is 14.8 Å². The highest BCUT2D eigenvalue weighted by Crippen LogP contribution is 2.27. The standard InChI is InChI=1S/C11H15N3O2/c1-7-3-4-14(8(7)2)10-6-12-9(5-13-10)11(15)16/h5-8H,3-4H2,1-2H3,(H,15,16). The molecule has 0 spiro atoms. The van der Waals surface area contributed by atoms with Gasteiger partial charge in [0.05, 0.1) is 12.4 Å². The van der Waals surface area contributed by atoms with Crippen LogP contribution in [0.4, 0.5) is 5.82 Å². The fourth-order valence-electron chi connectivity index (χ4n) is 2.00. The van der Waals surface area contributed by atoms with Crippen LogP contribution in [-0.2, 0) is 0 Å². The summed E-state index contributed by atoms with van der Waals surface area (Å²) in [6.07, 6.45) is 3.99. The summed E-state index contributed by atoms with van der Waals surface area (Å²) >= 11 is 0. The van der Waals surface area contributed by atoms with E-state index >= 15 is 0 Å². The lowest BCUT2D eigenvalue weighted by molar-refractivity contribution is 0.0690. The maximum atomic E-state index is 10.6. The van der Waals surface area contributed by atoms with E-state index in [-0.39, 0.29) is 5.69 Å². The summed E-state index contributed by atoms with van der Waals surface area (Å²) in [6.45, 7) is 5.33. The number of anilines is 1. The average molecular weight is 221 g/mol. The first-order valence-electron chi connectivity index (χ1n) is 5.41. The third kappa shape index (κ3) is 1.85. The van der Waals surface area contributed by atoms with Gasteiger partial charge in [0, 0.05) is 12.6 Å². The minimum atomic E-state index is -1.04. The van der Waals surface area contributed by atoms with Gasteiger partial charge in [0.15, 0.2) is 5.69 Å². The van der Waals surface area contributed by atoms with Crippen LogP contribution in [-0.4, -0.2) is 33.6 Å². The molecule has 1 fully saturated rings. The van der Waals surface area contributed by atoms with Gasteiger partial charge < -0.3 is 10.0 Å². The van der Waals surface area contributed by atoms with E-state index in [0.717, 1.165) is 18.8 Å². The van der Waals surface area contributed by atoms with Crippen LogP contribution in [0.15, 0.2) is 12.4 Å². The van der Waals surface area contributed by atoms with Crippen molar-refractivity contribution in [2.75, 3.05) is 11.4 Å². The molecule has 0 amide bonds. The molecule has 2 heterocycles. The van der Waals surface area contributed by atoms with Gasteiger partial charge in [0.25, 0.3) is 0 Å². The van der Waals surface area contributed by atoms with Gasteiger partial charge in [0.2, 0.25) is 0 Å². The van der Waals surface area contributed by atoms with Crippen LogP contribution < -0.4 is 4.90 Å². The minimum absolute atomic E-state index is 0.0105. The summed E-state index contributed by atoms with van der Waals surface area (Å²) in [5.41, 5.74) is -0.0105. The zero-order valence-corrected chi connectivity index (χ0v) is 9.42. The van der Waals surface area contributed by atoms with Crippen LogP contribution in [0, 0.1) is 5.92 Å². The molecule has 1 aliphatic rings. The molecular weight excluding hydrogens is 206 g/mol. The number of rotatable bonds is 2. The molecule has 0 aromatic carbocycles. The maximum absolute atomic E-state index is 10.6. The van der Waals surface area contributed by atoms with Crippen molar-refractivity contribution in [2.45, 2.75) is 26.3 Å². The Labute approximate surface area is 94.1 Å². The van der Waals surface area contributed by atoms with E-state index in [1.807, 2.05) is 0 Å². The summed E-state index contributed by atoms with van der Waals surface area (Å²) in [7, 11) is 0. The lowest BCUT2D eigenvalue weighted by Gasteiger charge is -2.23. The van der Waals surface area contributed by atoms with E-state index in [2.05, 4.69) is 28.7 Å². The molecule has 16 heavy (non-hydrogen) atoms. The molecule has 1 aromatic heterocycles. The average Bonchev–Trinajstić information content (AvgIpc) is 2.60. The summed E-state index contributed by atoms with van der Waals surface area (Å²) in [5.74, 6) is 0.365. The number of aromatic carboxylic acids is 1. The van der Waals surface area contributed by atoms with Gasteiger partial charge in [0.1, 0.15) is 5.82 Å². The minimum Gasteiger partial charge on any atom is -0.476 e. The Morgan fingerprint density at radius 2 is 2.19 bits per heavy atom. The molecule has 1 saturated heterocycles. The van der Waals surface area contributed by atoms with E-state index in [1.54, 1.807) is 0 Å². The molecule has 0 bridgehead atoms. The quantitative estimate of drug-likeness (QED) is 0.817. The monoisotopic (exact) mass is 221 g/mol. The van der Waals surface area contributed by atoms with Gasteiger partial charge in [-0.2, -0.15) is 0 Å². The summed E-state index contributed by atoms with van der Waals surface area (Å²) in [5, 5.41) is 8.72. The molecule has 0 saturated carbocycles. The highest BCUT2D eigenvalue weighted by atomic mass is 16.4. The zero-order chi connectivity index (χ0) is 11.7. The predicted octanol–water partition coefficient (Wildman–Crippen LogP) is 1.41. The van der Waals surface area contributed by atoms with Crippen LogP contribution in [0.25, 0.3) is 0 Å². The SMILES string of the molecule is CC1CCN(c2cnc(C(=O)O)cn2)C1C. The second kappa shape index (κ2) is 4.08. The molecular formula is C11H15N3O2. The van der Waals surface area contributed by atoms with E-state index in [4.69, 9.17) is 5.11 Å². The number of carboxylic acid groups (broad SMARTS) is 1. The molecule has 2 rings (SSSR count). The first kappa shape index (κ1) is 10.9. The van der Waals surface area contributed by atoms with Crippen LogP contribution in [0.3, 0.4) is 0 Å². The molecule has 5 heteroatoms. The first-order chi connectivity index (χ1) is 7.59. The van der Waals surface area contributed by atoms with Gasteiger partial charge in [-0.05, 0) is 19.3 Å². The highest BCUT2D eigenvalue weighted by Gasteiger charge is 2.28. The Kier molecular flexibility index (Phi) is 2.77. The topological polar surface area (TPSA) is 66.3 Å². The zero-order valence-electron chi connectivity index (χ0n) is 9.42. The van der Waals surface area contributed by atoms with E-state index in [9.17, 15) is 4.79 Å². The Morgan fingerprint density at radius 3 is 2.62 bits per heavy atom. The second-order valence-corrected chi connectivity index (χ2v) is 4.26. The molecule has 2 unspecified atom stereocenters. The summed E-state index contributed by atoms with van der Waals surface area (Å²) in [6, 6.07) is 0.435. The van der Waals surface area contributed by atoms with Gasteiger partial charge in [-0.1, -0.05) is 6.92 Å². The molecule has 2 atom stereocenters. The Hall–Kier alpha value is -1.65. The largest absolute Gasteiger partial charge is 0.476 e. The molecule has 1 aliphatic heterocycles. The number of nitrogens with zero attached hydrogens (tertiary/aromatic N) is 3. The van der Waals surface area contributed by atoms with Crippen LogP contribution in [0.2, 0.25) is 0 Å². The third-order valence-electron chi connectivity index (χ3n) is 3.29. The van der Waals surface area contributed by atoms with Crippen LogP contribution >= 0.6 is 0 Å². The first-order valence-corrected chi connectivity index (χ1v) is 5.41. The normalized spacial score (nSPS) is 24.8. The van der Waals surface area contributed by atoms with Crippen molar-refractivity contribution in [3.05, 3.63) is 18.1 Å². The predicted molar refractivity (Wildman–Crippen MR) is 59.6 cm³/mol. The van der Waals surface area contributed by atoms with Crippen molar-refractivity contribution in [3.63, 3.8) is 0 Å². The van der Waals surface area contributed by atoms with Gasteiger partial charge in [-0.3, -0.25) is 0 Å². The molecule has 86 valence electrons. The van der Waals surface area contributed by atoms with Crippen molar-refractivity contribution >= 4 is 11.8 Å². The van der Waals surface area contributed by atoms with E-state index in [0.29, 0.717) is 12.0 Å². The lowest BCUT2D eigenvalue weighted by atomic mass is 10.1. The maximum Gasteiger partial charge on any atom is 0.356 e. The number of hydrogen-bond donors (Lipinski definition) is 1. The fourth-order valence-corrected chi connectivity index (χ4v) is 2.00. The number of aromatic nitrogens is 2. The van der Waals surface area contributed by atoms with E-state index in [1.165, 1.54) is 12.4 Å². The molecule has 0 radical (unpaired) electrons. The van der Waals surface area contributed by atoms with Crippen molar-refractivity contribution in [1.29, 1.82) is 0 Å². The van der Waals surface area contributed by atoms with Crippen molar-refractivity contribution in [1.82, 2.24) is 9.97 Å². The molecule has 1 aromatic rings. The molecule has 1 N–H and O–H groups in total. The Balaban J connectivity index is 2.19. The van der Waals surface area contributed by atoms with Gasteiger partial charge in [-0.15, -0.1) is 0 Å².